The van der Waals surface area contributed by atoms with Gasteiger partial charge in [-0.25, -0.2) is 24.4 Å². The maximum atomic E-state index is 13.5. The molecule has 304 valence electrons. The minimum absolute atomic E-state index is 0.0118. The van der Waals surface area contributed by atoms with Crippen molar-refractivity contribution in [2.24, 2.45) is 5.16 Å². The number of carboxylic acids is 2. The number of aliphatic carboxylic acids is 2. The van der Waals surface area contributed by atoms with Gasteiger partial charge in [0.2, 0.25) is 15.5 Å². The highest BCUT2D eigenvalue weighted by atomic mass is 35.5. The van der Waals surface area contributed by atoms with E-state index in [1.165, 1.54) is 6.92 Å². The van der Waals surface area contributed by atoms with Crippen molar-refractivity contribution in [2.75, 3.05) is 25.4 Å². The molecular weight excluding hydrogens is 828 g/mol. The van der Waals surface area contributed by atoms with Crippen molar-refractivity contribution in [1.82, 2.24) is 41.4 Å². The van der Waals surface area contributed by atoms with Crippen molar-refractivity contribution in [3.63, 3.8) is 0 Å². The lowest BCUT2D eigenvalue weighted by Crippen LogP contribution is -2.76. The lowest BCUT2D eigenvalue weighted by Gasteiger charge is -2.48. The number of carbonyl (C=O) groups excluding carboxylic acids is 7. The number of nitrogen functional groups attached to an aromatic ring is 1. The second-order valence-corrected chi connectivity index (χ2v) is 15.6. The molecule has 0 bridgehead atoms. The molecule has 1 unspecified atom stereocenters. The van der Waals surface area contributed by atoms with Crippen molar-refractivity contribution in [2.45, 2.75) is 42.3 Å². The van der Waals surface area contributed by atoms with Gasteiger partial charge in [-0.3, -0.25) is 54.8 Å². The van der Waals surface area contributed by atoms with E-state index in [0.717, 1.165) is 37.3 Å². The predicted molar refractivity (Wildman–Crippen MR) is 189 cm³/mol. The van der Waals surface area contributed by atoms with E-state index in [1.54, 1.807) is 10.9 Å². The van der Waals surface area contributed by atoms with Crippen LogP contribution in [-0.4, -0.2) is 146 Å². The van der Waals surface area contributed by atoms with Crippen LogP contribution in [0.5, 0.6) is 11.5 Å². The average Bonchev–Trinajstić information content (AvgIpc) is 3.78. The van der Waals surface area contributed by atoms with Crippen LogP contribution in [0.15, 0.2) is 17.3 Å². The number of ketones is 1. The van der Waals surface area contributed by atoms with E-state index in [-0.39, 0.29) is 22.6 Å². The maximum Gasteiger partial charge on any atom is 0.350 e. The van der Waals surface area contributed by atoms with Crippen LogP contribution in [0.2, 0.25) is 5.02 Å². The van der Waals surface area contributed by atoms with Crippen LogP contribution >= 0.6 is 34.7 Å². The van der Waals surface area contributed by atoms with Crippen molar-refractivity contribution in [3.05, 3.63) is 33.3 Å². The van der Waals surface area contributed by atoms with Gasteiger partial charge < -0.3 is 41.4 Å². The van der Waals surface area contributed by atoms with Crippen LogP contribution in [0.3, 0.4) is 0 Å². The monoisotopic (exact) mass is 856 g/mol. The summed E-state index contributed by atoms with van der Waals surface area (Å²) in [7, 11) is 0. The standard InChI is InChI=1S/C29H29ClN10O15S2/c1-9-13(32-25(31)56-9)14(37-55-27(2,3)23(49)50)18(44)33-17-22(48)39-8-28(24(51)52,57-29(17,39)54)38-6-7-40(26(38)53)36-21(47)20(46)35-34-19(45)15(42)10-4-5-11(41)16(43)12(10)30/h4-5,17,41,43,54H,6-8H2,1-3H3,(H2,31,32)(H,33,44)(H,34,45)(H,35,46)(H,36,47)(H,49,50)(H,51,52)/b37-14-/t17-,28-,29?/m1/s1. The van der Waals surface area contributed by atoms with Crippen LogP contribution in [0.25, 0.3) is 0 Å². The quantitative estimate of drug-likeness (QED) is 0.0268. The third-order valence-corrected chi connectivity index (χ3v) is 11.2. The summed E-state index contributed by atoms with van der Waals surface area (Å²) in [6, 6.07) is -1.33. The molecule has 0 aliphatic carbocycles. The number of hydrogen-bond donors (Lipinski definition) is 10. The topological polar surface area (TPSA) is 373 Å². The molecule has 25 nitrogen and oxygen atoms in total. The highest BCUT2D eigenvalue weighted by Crippen LogP contribution is 2.55. The second kappa shape index (κ2) is 14.9. The summed E-state index contributed by atoms with van der Waals surface area (Å²) in [5, 5.41) is 53.7. The number of nitrogens with two attached hydrogens (primary N) is 1. The second-order valence-electron chi connectivity index (χ2n) is 12.5. The van der Waals surface area contributed by atoms with Crippen molar-refractivity contribution < 1.29 is 73.5 Å². The molecule has 0 spiro atoms. The molecule has 7 amide bonds. The summed E-state index contributed by atoms with van der Waals surface area (Å²) >= 11 is 6.88. The van der Waals surface area contributed by atoms with E-state index in [2.05, 4.69) is 15.5 Å². The average molecular weight is 857 g/mol. The van der Waals surface area contributed by atoms with Crippen LogP contribution in [0, 0.1) is 6.92 Å². The number of anilines is 1. The van der Waals surface area contributed by atoms with Gasteiger partial charge in [0, 0.05) is 11.4 Å². The number of halogens is 1. The molecule has 3 aliphatic heterocycles. The highest BCUT2D eigenvalue weighted by molar-refractivity contribution is 8.03. The van der Waals surface area contributed by atoms with E-state index in [1.807, 2.05) is 5.43 Å². The fourth-order valence-electron chi connectivity index (χ4n) is 5.34. The number of oxime groups is 1. The van der Waals surface area contributed by atoms with Gasteiger partial charge in [0.25, 0.3) is 17.6 Å². The van der Waals surface area contributed by atoms with E-state index >= 15 is 0 Å². The maximum absolute atomic E-state index is 13.5. The Labute approximate surface area is 330 Å². The number of rotatable bonds is 11. The van der Waals surface area contributed by atoms with Gasteiger partial charge in [-0.1, -0.05) is 28.5 Å². The summed E-state index contributed by atoms with van der Waals surface area (Å²) < 4.78 is 0. The largest absolute Gasteiger partial charge is 0.504 e. The number of aryl methyl sites for hydroxylation is 1. The number of thioether (sulfide) groups is 1. The molecule has 3 aliphatic rings. The number of nitrogens with one attached hydrogen (secondary N) is 4. The van der Waals surface area contributed by atoms with Crippen LogP contribution in [0.1, 0.15) is 34.8 Å². The zero-order chi connectivity index (χ0) is 42.5. The molecule has 28 heteroatoms. The molecule has 4 heterocycles. The number of benzene rings is 1. The Hall–Kier alpha value is -6.45. The summed E-state index contributed by atoms with van der Waals surface area (Å²) in [6.07, 6.45) is 0. The number of hydrazine groups is 2. The van der Waals surface area contributed by atoms with Crippen LogP contribution in [-0.2, 0) is 38.4 Å². The molecule has 11 N–H and O–H groups in total. The van der Waals surface area contributed by atoms with Crippen molar-refractivity contribution >= 4 is 98.8 Å². The van der Waals surface area contributed by atoms with Crippen LogP contribution in [0.4, 0.5) is 9.93 Å². The molecular formula is C29H29ClN10O15S2. The number of nitrogens with zero attached hydrogens (tertiary/aromatic N) is 5. The third kappa shape index (κ3) is 7.34. The number of carboxylic acid groups (broad SMARTS) is 2. The van der Waals surface area contributed by atoms with E-state index in [9.17, 15) is 68.7 Å². The fraction of sp³-hybridized carbons (Fsp3) is 0.345. The fourth-order valence-corrected chi connectivity index (χ4v) is 7.88. The molecule has 2 aromatic rings. The molecule has 3 fully saturated rings. The van der Waals surface area contributed by atoms with E-state index in [4.69, 9.17) is 22.2 Å². The lowest BCUT2D eigenvalue weighted by molar-refractivity contribution is -0.181. The number of phenols is 2. The number of amides is 7. The first-order valence-electron chi connectivity index (χ1n) is 15.7. The SMILES string of the molecule is Cc1sc(N)nc1/C(=N/OC(C)(C)C(=O)O)C(=O)N[C@@H]1C(=O)N2C[C@@](C(=O)O)(N3CCN(NC(=O)C(=O)NNC(=O)C(=O)c4ccc(O)c(O)c4Cl)C3=O)SC12O. The summed E-state index contributed by atoms with van der Waals surface area (Å²) in [4.78, 5) is 123. The molecule has 57 heavy (non-hydrogen) atoms. The third-order valence-electron chi connectivity index (χ3n) is 8.43. The zero-order valence-corrected chi connectivity index (χ0v) is 31.6. The smallest absolute Gasteiger partial charge is 0.350 e. The van der Waals surface area contributed by atoms with Crippen molar-refractivity contribution in [3.8, 4) is 11.5 Å². The van der Waals surface area contributed by atoms with Crippen molar-refractivity contribution in [1.29, 1.82) is 0 Å². The van der Waals surface area contributed by atoms with Gasteiger partial charge in [-0.15, -0.1) is 11.3 Å². The molecule has 5 rings (SSSR count). The molecule has 3 saturated heterocycles. The Bertz CT molecular complexity index is 2200. The first kappa shape index (κ1) is 41.7. The first-order chi connectivity index (χ1) is 26.5. The predicted octanol–water partition coefficient (Wildman–Crippen LogP) is -3.02. The Morgan fingerprint density at radius 3 is 2.26 bits per heavy atom. The zero-order valence-electron chi connectivity index (χ0n) is 29.2. The molecule has 0 radical (unpaired) electrons. The number of β-lactam (4-membered cyclic amide) rings is 1. The summed E-state index contributed by atoms with van der Waals surface area (Å²) in [6.45, 7) is 2.03. The number of Topliss-reactive ketones (excluding diaryl/α,β-unsaturated/α-hetero) is 1. The van der Waals surface area contributed by atoms with E-state index < -0.39 is 122 Å². The first-order valence-corrected chi connectivity index (χ1v) is 17.7. The Balaban J connectivity index is 1.26. The summed E-state index contributed by atoms with van der Waals surface area (Å²) in [5.41, 5.74) is 7.56. The van der Waals surface area contributed by atoms with E-state index in [0.29, 0.717) is 19.7 Å². The van der Waals surface area contributed by atoms with Crippen LogP contribution < -0.4 is 27.3 Å². The number of thiazole rings is 1. The Morgan fingerprint density at radius 2 is 1.67 bits per heavy atom. The molecule has 0 saturated carbocycles. The Kier molecular flexibility index (Phi) is 10.9. The number of aromatic hydroxyl groups is 2. The normalized spacial score (nSPS) is 21.7. The summed E-state index contributed by atoms with van der Waals surface area (Å²) in [5.74, 6) is -13.1. The van der Waals surface area contributed by atoms with Gasteiger partial charge in [0.05, 0.1) is 23.7 Å². The molecule has 1 aromatic carbocycles. The van der Waals surface area contributed by atoms with Gasteiger partial charge in [-0.2, -0.15) is 0 Å². The van der Waals surface area contributed by atoms with Gasteiger partial charge >= 0.3 is 35.7 Å². The number of hydrogen-bond acceptors (Lipinski definition) is 18. The lowest BCUT2D eigenvalue weighted by atomic mass is 10.0. The molecule has 1 aromatic heterocycles. The van der Waals surface area contributed by atoms with Gasteiger partial charge in [0.15, 0.2) is 28.4 Å². The number of urea groups is 1. The number of phenolic OH excluding ortho intramolecular Hbond substituents is 2. The number of aliphatic hydroxyl groups is 1. The van der Waals surface area contributed by atoms with Gasteiger partial charge in [0.1, 0.15) is 5.69 Å². The molecule has 3 atom stereocenters. The number of carbonyl (C=O) groups is 9. The Morgan fingerprint density at radius 1 is 1.02 bits per heavy atom. The minimum atomic E-state index is -2.50. The highest BCUT2D eigenvalue weighted by Gasteiger charge is 2.74. The number of fused-ring (bicyclic) bond motifs is 1. The number of aromatic nitrogens is 1. The minimum Gasteiger partial charge on any atom is -0.504 e. The van der Waals surface area contributed by atoms with Gasteiger partial charge in [-0.05, 0) is 32.9 Å².